The van der Waals surface area contributed by atoms with E-state index < -0.39 is 0 Å². The highest BCUT2D eigenvalue weighted by Gasteiger charge is 2.35. The van der Waals surface area contributed by atoms with E-state index in [0.717, 1.165) is 57.7 Å². The number of likely N-dealkylation sites (tertiary alicyclic amines) is 1. The molecule has 176 valence electrons. The van der Waals surface area contributed by atoms with Crippen molar-refractivity contribution in [2.75, 3.05) is 33.2 Å². The zero-order chi connectivity index (χ0) is 22.9. The number of hydrogen-bond acceptors (Lipinski definition) is 5. The Bertz CT molecular complexity index is 952. The molecule has 2 N–H and O–H groups in total. The summed E-state index contributed by atoms with van der Waals surface area (Å²) in [4.78, 5) is 3.87. The third-order valence-corrected chi connectivity index (χ3v) is 7.67. The first-order valence-electron chi connectivity index (χ1n) is 12.2. The number of ether oxygens (including phenoxy) is 1. The average Bonchev–Trinajstić information content (AvgIpc) is 3.40. The molecule has 0 bridgehead atoms. The minimum absolute atomic E-state index is 0.0828. The van der Waals surface area contributed by atoms with Gasteiger partial charge < -0.3 is 15.4 Å². The fourth-order valence-electron chi connectivity index (χ4n) is 4.91. The number of rotatable bonds is 11. The normalized spacial score (nSPS) is 17.0. The van der Waals surface area contributed by atoms with Crippen LogP contribution in [-0.4, -0.2) is 38.1 Å². The van der Waals surface area contributed by atoms with Gasteiger partial charge in [0.05, 0.1) is 0 Å². The lowest BCUT2D eigenvalue weighted by atomic mass is 9.80. The van der Waals surface area contributed by atoms with Crippen molar-refractivity contribution in [3.8, 4) is 5.75 Å². The first kappa shape index (κ1) is 24.0. The van der Waals surface area contributed by atoms with Crippen LogP contribution in [0.5, 0.6) is 5.75 Å². The molecule has 4 nitrogen and oxygen atoms in total. The predicted molar refractivity (Wildman–Crippen MR) is 139 cm³/mol. The van der Waals surface area contributed by atoms with Gasteiger partial charge in [-0.05, 0) is 56.1 Å². The molecule has 1 saturated heterocycles. The van der Waals surface area contributed by atoms with Crippen molar-refractivity contribution in [3.63, 3.8) is 0 Å². The Kier molecular flexibility index (Phi) is 8.57. The molecule has 3 aromatic rings. The van der Waals surface area contributed by atoms with Crippen molar-refractivity contribution in [2.24, 2.45) is 0 Å². The summed E-state index contributed by atoms with van der Waals surface area (Å²) in [6.07, 6.45) is 3.28. The molecule has 4 rings (SSSR count). The lowest BCUT2D eigenvalue weighted by Gasteiger charge is -2.43. The number of thiophene rings is 1. The van der Waals surface area contributed by atoms with E-state index in [-0.39, 0.29) is 11.6 Å². The first-order valence-corrected chi connectivity index (χ1v) is 13.1. The second kappa shape index (κ2) is 11.8. The van der Waals surface area contributed by atoms with Crippen molar-refractivity contribution in [1.29, 1.82) is 0 Å². The van der Waals surface area contributed by atoms with Gasteiger partial charge in [-0.25, -0.2) is 0 Å². The molecule has 2 heterocycles. The van der Waals surface area contributed by atoms with E-state index in [9.17, 15) is 0 Å². The van der Waals surface area contributed by atoms with E-state index in [2.05, 4.69) is 94.6 Å². The van der Waals surface area contributed by atoms with Crippen molar-refractivity contribution in [3.05, 3.63) is 88.1 Å². The molecule has 1 atom stereocenters. The topological polar surface area (TPSA) is 36.5 Å². The Hall–Kier alpha value is -2.18. The Morgan fingerprint density at radius 2 is 1.76 bits per heavy atom. The molecular weight excluding hydrogens is 426 g/mol. The summed E-state index contributed by atoms with van der Waals surface area (Å²) in [5, 5.41) is 9.22. The van der Waals surface area contributed by atoms with Crippen molar-refractivity contribution < 1.29 is 4.74 Å². The summed E-state index contributed by atoms with van der Waals surface area (Å²) in [5.41, 5.74) is 2.78. The highest BCUT2D eigenvalue weighted by Crippen LogP contribution is 2.35. The quantitative estimate of drug-likeness (QED) is 0.389. The van der Waals surface area contributed by atoms with Gasteiger partial charge in [-0.3, -0.25) is 4.90 Å². The maximum absolute atomic E-state index is 6.61. The van der Waals surface area contributed by atoms with E-state index in [1.54, 1.807) is 11.3 Å². The predicted octanol–water partition coefficient (Wildman–Crippen LogP) is 5.58. The summed E-state index contributed by atoms with van der Waals surface area (Å²) in [6, 6.07) is 23.8. The molecule has 1 aromatic heterocycles. The molecule has 0 radical (unpaired) electrons. The molecule has 1 unspecified atom stereocenters. The first-order chi connectivity index (χ1) is 16.2. The summed E-state index contributed by atoms with van der Waals surface area (Å²) >= 11 is 1.77. The molecule has 0 amide bonds. The van der Waals surface area contributed by atoms with Crippen LogP contribution in [0, 0.1) is 0 Å². The number of nitrogens with zero attached hydrogens (tertiary/aromatic N) is 1. The molecular formula is C28H37N3OS. The maximum atomic E-state index is 6.61. The Morgan fingerprint density at radius 1 is 1.00 bits per heavy atom. The minimum atomic E-state index is 0.0828. The van der Waals surface area contributed by atoms with Gasteiger partial charge in [-0.1, -0.05) is 61.5 Å². The highest BCUT2D eigenvalue weighted by atomic mass is 32.1. The van der Waals surface area contributed by atoms with Crippen LogP contribution in [0.1, 0.15) is 48.3 Å². The van der Waals surface area contributed by atoms with Crippen molar-refractivity contribution in [2.45, 2.75) is 44.4 Å². The minimum Gasteiger partial charge on any atom is -0.485 e. The van der Waals surface area contributed by atoms with Crippen LogP contribution in [0.3, 0.4) is 0 Å². The Morgan fingerprint density at radius 3 is 2.45 bits per heavy atom. The fourth-order valence-corrected chi connectivity index (χ4v) is 5.70. The molecule has 1 fully saturated rings. The van der Waals surface area contributed by atoms with Gasteiger partial charge >= 0.3 is 0 Å². The second-order valence-corrected chi connectivity index (χ2v) is 9.86. The monoisotopic (exact) mass is 463 g/mol. The molecule has 33 heavy (non-hydrogen) atoms. The molecule has 0 saturated carbocycles. The summed E-state index contributed by atoms with van der Waals surface area (Å²) in [5.74, 6) is 1.01. The lowest BCUT2D eigenvalue weighted by Crippen LogP contribution is -2.50. The van der Waals surface area contributed by atoms with Crippen LogP contribution in [0.2, 0.25) is 0 Å². The van der Waals surface area contributed by atoms with Crippen LogP contribution in [0.25, 0.3) is 0 Å². The van der Waals surface area contributed by atoms with Gasteiger partial charge in [0.2, 0.25) is 0 Å². The van der Waals surface area contributed by atoms with Crippen LogP contribution >= 0.6 is 11.3 Å². The van der Waals surface area contributed by atoms with Crippen LogP contribution in [-0.2, 0) is 12.1 Å². The SMILES string of the molecule is CCNC1(c2ccccc2)CCN(Cc2ccccc2OC(CCNC)c2cccs2)CC1. The smallest absolute Gasteiger partial charge is 0.134 e. The number of piperidine rings is 1. The molecule has 2 aromatic carbocycles. The standard InChI is InChI=1S/C28H37N3OS/c1-3-30-28(24-11-5-4-6-12-24)16-19-31(20-17-28)22-23-10-7-8-13-25(23)32-26(15-18-29-2)27-14-9-21-33-27/h4-14,21,26,29-30H,3,15-20,22H2,1-2H3. The van der Waals surface area contributed by atoms with Gasteiger partial charge in [-0.15, -0.1) is 11.3 Å². The van der Waals surface area contributed by atoms with E-state index in [4.69, 9.17) is 4.74 Å². The number of para-hydroxylation sites is 1. The van der Waals surface area contributed by atoms with Gasteiger partial charge in [0.1, 0.15) is 11.9 Å². The zero-order valence-electron chi connectivity index (χ0n) is 19.9. The van der Waals surface area contributed by atoms with E-state index in [1.165, 1.54) is 16.0 Å². The number of hydrogen-bond donors (Lipinski definition) is 2. The molecule has 0 aliphatic carbocycles. The lowest BCUT2D eigenvalue weighted by molar-refractivity contribution is 0.127. The maximum Gasteiger partial charge on any atom is 0.134 e. The van der Waals surface area contributed by atoms with Crippen molar-refractivity contribution in [1.82, 2.24) is 15.5 Å². The fraction of sp³-hybridized carbons (Fsp3) is 0.429. The van der Waals surface area contributed by atoms with Gasteiger partial charge in [0, 0.05) is 42.0 Å². The van der Waals surface area contributed by atoms with Crippen LogP contribution in [0.4, 0.5) is 0 Å². The third-order valence-electron chi connectivity index (χ3n) is 6.70. The molecule has 0 spiro atoms. The molecule has 5 heteroatoms. The second-order valence-electron chi connectivity index (χ2n) is 8.88. The zero-order valence-corrected chi connectivity index (χ0v) is 20.7. The van der Waals surface area contributed by atoms with Crippen molar-refractivity contribution >= 4 is 11.3 Å². The summed E-state index contributed by atoms with van der Waals surface area (Å²) in [6.45, 7) is 7.21. The van der Waals surface area contributed by atoms with Gasteiger partial charge in [0.25, 0.3) is 0 Å². The van der Waals surface area contributed by atoms with Crippen LogP contribution < -0.4 is 15.4 Å². The third kappa shape index (κ3) is 6.04. The summed E-state index contributed by atoms with van der Waals surface area (Å²) < 4.78 is 6.61. The largest absolute Gasteiger partial charge is 0.485 e. The Balaban J connectivity index is 1.44. The van der Waals surface area contributed by atoms with Gasteiger partial charge in [-0.2, -0.15) is 0 Å². The average molecular weight is 464 g/mol. The van der Waals surface area contributed by atoms with E-state index in [1.807, 2.05) is 7.05 Å². The Labute approximate surface area is 203 Å². The highest BCUT2D eigenvalue weighted by molar-refractivity contribution is 7.10. The number of benzene rings is 2. The molecule has 1 aliphatic rings. The van der Waals surface area contributed by atoms with E-state index in [0.29, 0.717) is 0 Å². The summed E-state index contributed by atoms with van der Waals surface area (Å²) in [7, 11) is 2.00. The molecule has 1 aliphatic heterocycles. The van der Waals surface area contributed by atoms with Crippen LogP contribution in [0.15, 0.2) is 72.1 Å². The number of nitrogens with one attached hydrogen (secondary N) is 2. The van der Waals surface area contributed by atoms with E-state index >= 15 is 0 Å². The van der Waals surface area contributed by atoms with Gasteiger partial charge in [0.15, 0.2) is 0 Å².